The number of carbonyl (C=O) groups is 3. The first-order valence-electron chi connectivity index (χ1n) is 15.4. The van der Waals surface area contributed by atoms with Crippen molar-refractivity contribution >= 4 is 29.1 Å². The Hall–Kier alpha value is -3.19. The predicted molar refractivity (Wildman–Crippen MR) is 159 cm³/mol. The standard InChI is InChI=1S/C34H43N3O4/c1-33-15-3-5-24(26(33)13-9-20-7-11-22(35)17-28(20)33)31(40)37-32(41)25-6-4-16-34(2)27(25)14-10-21-8-12-23(18-29(21)34)36-30(39)19-38/h7-8,11-12,17-18,24-27,38H,3-6,9-10,13-16,19,35H2,1-2H3,(H,36,39)(H,37,40,41). The summed E-state index contributed by atoms with van der Waals surface area (Å²) in [7, 11) is 0. The van der Waals surface area contributed by atoms with Crippen LogP contribution in [0.4, 0.5) is 11.4 Å². The van der Waals surface area contributed by atoms with Gasteiger partial charge in [0.25, 0.3) is 0 Å². The molecule has 3 amide bonds. The van der Waals surface area contributed by atoms with Crippen LogP contribution >= 0.6 is 0 Å². The number of carbonyl (C=O) groups excluding carboxylic acids is 3. The predicted octanol–water partition coefficient (Wildman–Crippen LogP) is 4.78. The van der Waals surface area contributed by atoms with Crippen molar-refractivity contribution in [3.05, 3.63) is 58.7 Å². The summed E-state index contributed by atoms with van der Waals surface area (Å²) < 4.78 is 0. The second-order valence-corrected chi connectivity index (χ2v) is 13.5. The van der Waals surface area contributed by atoms with E-state index in [0.29, 0.717) is 5.69 Å². The molecule has 6 rings (SSSR count). The molecule has 7 heteroatoms. The van der Waals surface area contributed by atoms with Gasteiger partial charge in [0.15, 0.2) is 0 Å². The third-order valence-corrected chi connectivity index (χ3v) is 11.3. The zero-order chi connectivity index (χ0) is 28.9. The van der Waals surface area contributed by atoms with Gasteiger partial charge in [0, 0.05) is 23.2 Å². The second-order valence-electron chi connectivity index (χ2n) is 13.5. The Labute approximate surface area is 242 Å². The van der Waals surface area contributed by atoms with E-state index in [4.69, 9.17) is 5.73 Å². The number of aliphatic hydroxyl groups is 1. The summed E-state index contributed by atoms with van der Waals surface area (Å²) in [6.45, 7) is 3.97. The van der Waals surface area contributed by atoms with Gasteiger partial charge in [0.1, 0.15) is 6.61 Å². The fraction of sp³-hybridized carbons (Fsp3) is 0.559. The van der Waals surface area contributed by atoms with E-state index >= 15 is 0 Å². The van der Waals surface area contributed by atoms with Crippen LogP contribution in [0.1, 0.15) is 87.5 Å². The lowest BCUT2D eigenvalue weighted by Crippen LogP contribution is -2.53. The molecule has 4 aliphatic carbocycles. The second kappa shape index (κ2) is 10.6. The van der Waals surface area contributed by atoms with Gasteiger partial charge in [-0.2, -0.15) is 0 Å². The molecule has 0 aromatic heterocycles. The molecule has 41 heavy (non-hydrogen) atoms. The van der Waals surface area contributed by atoms with Gasteiger partial charge >= 0.3 is 0 Å². The molecule has 5 N–H and O–H groups in total. The van der Waals surface area contributed by atoms with E-state index in [9.17, 15) is 19.5 Å². The first-order chi connectivity index (χ1) is 19.6. The van der Waals surface area contributed by atoms with Crippen LogP contribution in [0, 0.1) is 23.7 Å². The third-order valence-electron chi connectivity index (χ3n) is 11.3. The number of nitrogens with one attached hydrogen (secondary N) is 2. The van der Waals surface area contributed by atoms with Gasteiger partial charge < -0.3 is 16.2 Å². The minimum absolute atomic E-state index is 0.101. The SMILES string of the molecule is CC12CCCC(C(=O)NC(=O)C3CCCC4(C)c5cc(NC(=O)CO)ccc5CCC34)C1CCc1ccc(N)cc12. The van der Waals surface area contributed by atoms with Crippen molar-refractivity contribution in [1.29, 1.82) is 0 Å². The van der Waals surface area contributed by atoms with Crippen molar-refractivity contribution in [1.82, 2.24) is 5.32 Å². The molecule has 2 fully saturated rings. The van der Waals surface area contributed by atoms with Gasteiger partial charge in [-0.25, -0.2) is 0 Å². The Morgan fingerprint density at radius 3 is 1.93 bits per heavy atom. The highest BCUT2D eigenvalue weighted by Gasteiger charge is 2.51. The van der Waals surface area contributed by atoms with Crippen LogP contribution in [-0.2, 0) is 38.1 Å². The number of fused-ring (bicyclic) bond motifs is 6. The van der Waals surface area contributed by atoms with E-state index in [2.05, 4.69) is 42.7 Å². The van der Waals surface area contributed by atoms with Crippen molar-refractivity contribution in [2.45, 2.75) is 88.9 Å². The van der Waals surface area contributed by atoms with Crippen LogP contribution in [0.15, 0.2) is 36.4 Å². The van der Waals surface area contributed by atoms with Crippen molar-refractivity contribution in [2.24, 2.45) is 23.7 Å². The number of hydrogen-bond donors (Lipinski definition) is 4. The molecule has 2 aromatic carbocycles. The molecule has 0 saturated heterocycles. The first kappa shape index (κ1) is 28.0. The Balaban J connectivity index is 1.20. The molecule has 0 bridgehead atoms. The molecule has 218 valence electrons. The van der Waals surface area contributed by atoms with E-state index in [-0.39, 0.29) is 46.3 Å². The van der Waals surface area contributed by atoms with Crippen molar-refractivity contribution in [3.8, 4) is 0 Å². The normalized spacial score (nSPS) is 32.0. The summed E-state index contributed by atoms with van der Waals surface area (Å²) in [5.41, 5.74) is 12.4. The van der Waals surface area contributed by atoms with Crippen LogP contribution in [0.3, 0.4) is 0 Å². The monoisotopic (exact) mass is 557 g/mol. The molecule has 4 aliphatic rings. The Morgan fingerprint density at radius 2 is 1.37 bits per heavy atom. The van der Waals surface area contributed by atoms with Gasteiger partial charge in [-0.1, -0.05) is 38.8 Å². The minimum atomic E-state index is -0.561. The number of anilines is 2. The maximum Gasteiger partial charge on any atom is 0.250 e. The fourth-order valence-electron chi connectivity index (χ4n) is 9.25. The van der Waals surface area contributed by atoms with E-state index in [1.54, 1.807) is 0 Å². The number of benzene rings is 2. The molecule has 7 nitrogen and oxygen atoms in total. The summed E-state index contributed by atoms with van der Waals surface area (Å²) in [6.07, 6.45) is 9.14. The number of hydrogen-bond acceptors (Lipinski definition) is 5. The van der Waals surface area contributed by atoms with Crippen LogP contribution < -0.4 is 16.4 Å². The van der Waals surface area contributed by atoms with E-state index < -0.39 is 12.5 Å². The average molecular weight is 558 g/mol. The third kappa shape index (κ3) is 4.76. The van der Waals surface area contributed by atoms with E-state index in [1.807, 2.05) is 18.2 Å². The molecule has 6 unspecified atom stereocenters. The largest absolute Gasteiger partial charge is 0.399 e. The Kier molecular flexibility index (Phi) is 7.21. The van der Waals surface area contributed by atoms with Crippen LogP contribution in [-0.4, -0.2) is 29.4 Å². The van der Waals surface area contributed by atoms with Crippen molar-refractivity contribution < 1.29 is 19.5 Å². The molecule has 0 radical (unpaired) electrons. The number of amides is 3. The number of nitrogens with two attached hydrogens (primary N) is 1. The summed E-state index contributed by atoms with van der Waals surface area (Å²) >= 11 is 0. The maximum absolute atomic E-state index is 13.9. The topological polar surface area (TPSA) is 122 Å². The van der Waals surface area contributed by atoms with E-state index in [1.165, 1.54) is 22.3 Å². The van der Waals surface area contributed by atoms with Crippen LogP contribution in [0.25, 0.3) is 0 Å². The summed E-state index contributed by atoms with van der Waals surface area (Å²) in [6, 6.07) is 12.2. The fourth-order valence-corrected chi connectivity index (χ4v) is 9.25. The molecule has 0 aliphatic heterocycles. The van der Waals surface area contributed by atoms with Crippen molar-refractivity contribution in [2.75, 3.05) is 17.7 Å². The summed E-state index contributed by atoms with van der Waals surface area (Å²) in [5, 5.41) is 14.9. The number of aliphatic hydroxyl groups excluding tert-OH is 1. The molecule has 0 heterocycles. The van der Waals surface area contributed by atoms with Gasteiger partial charge in [-0.05, 0) is 121 Å². The van der Waals surface area contributed by atoms with Crippen LogP contribution in [0.5, 0.6) is 0 Å². The molecular weight excluding hydrogens is 514 g/mol. The zero-order valence-corrected chi connectivity index (χ0v) is 24.3. The molecule has 0 spiro atoms. The molecule has 6 atom stereocenters. The smallest absolute Gasteiger partial charge is 0.250 e. The highest BCUT2D eigenvalue weighted by molar-refractivity contribution is 5.98. The highest BCUT2D eigenvalue weighted by Crippen LogP contribution is 2.54. The number of nitrogen functional groups attached to an aromatic ring is 1. The van der Waals surface area contributed by atoms with Crippen molar-refractivity contribution in [3.63, 3.8) is 0 Å². The summed E-state index contributed by atoms with van der Waals surface area (Å²) in [5.74, 6) is -0.728. The van der Waals surface area contributed by atoms with Gasteiger partial charge in [0.2, 0.25) is 17.7 Å². The Bertz CT molecular complexity index is 1390. The quantitative estimate of drug-likeness (QED) is 0.318. The lowest BCUT2D eigenvalue weighted by atomic mass is 9.54. The first-order valence-corrected chi connectivity index (χ1v) is 15.4. The summed E-state index contributed by atoms with van der Waals surface area (Å²) in [4.78, 5) is 39.5. The highest BCUT2D eigenvalue weighted by atomic mass is 16.3. The number of aryl methyl sites for hydroxylation is 2. The zero-order valence-electron chi connectivity index (χ0n) is 24.3. The average Bonchev–Trinajstić information content (AvgIpc) is 2.96. The van der Waals surface area contributed by atoms with Gasteiger partial charge in [-0.15, -0.1) is 0 Å². The van der Waals surface area contributed by atoms with Gasteiger partial charge in [0.05, 0.1) is 0 Å². The Morgan fingerprint density at radius 1 is 0.829 bits per heavy atom. The number of imide groups is 1. The minimum Gasteiger partial charge on any atom is -0.399 e. The lowest BCUT2D eigenvalue weighted by molar-refractivity contribution is -0.140. The maximum atomic E-state index is 13.9. The van der Waals surface area contributed by atoms with Crippen LogP contribution in [0.2, 0.25) is 0 Å². The molecule has 2 aromatic rings. The molecule has 2 saturated carbocycles. The molecular formula is C34H43N3O4. The number of rotatable bonds is 4. The van der Waals surface area contributed by atoms with E-state index in [0.717, 1.165) is 69.9 Å². The van der Waals surface area contributed by atoms with Gasteiger partial charge in [-0.3, -0.25) is 19.7 Å². The lowest BCUT2D eigenvalue weighted by Gasteiger charge is -2.50.